The summed E-state index contributed by atoms with van der Waals surface area (Å²) < 4.78 is 1.90. The predicted octanol–water partition coefficient (Wildman–Crippen LogP) is 1.57. The van der Waals surface area contributed by atoms with Crippen LogP contribution in [0, 0.1) is 0 Å². The van der Waals surface area contributed by atoms with Crippen LogP contribution in [0.25, 0.3) is 0 Å². The Labute approximate surface area is 90.4 Å². The van der Waals surface area contributed by atoms with E-state index in [4.69, 9.17) is 11.6 Å². The SMILES string of the molecule is CCC(Cl)CNCCc1ccnn1C. The summed E-state index contributed by atoms with van der Waals surface area (Å²) in [6.07, 6.45) is 3.84. The Kier molecular flexibility index (Phi) is 4.98. The van der Waals surface area contributed by atoms with Crippen LogP contribution < -0.4 is 5.32 Å². The lowest BCUT2D eigenvalue weighted by atomic mass is 10.3. The number of aromatic nitrogens is 2. The van der Waals surface area contributed by atoms with Crippen molar-refractivity contribution in [1.29, 1.82) is 0 Å². The number of nitrogens with one attached hydrogen (secondary N) is 1. The van der Waals surface area contributed by atoms with E-state index in [1.807, 2.05) is 24.0 Å². The second kappa shape index (κ2) is 6.04. The third kappa shape index (κ3) is 3.68. The largest absolute Gasteiger partial charge is 0.315 e. The Balaban J connectivity index is 2.13. The summed E-state index contributed by atoms with van der Waals surface area (Å²) in [6, 6.07) is 2.04. The third-order valence-electron chi connectivity index (χ3n) is 2.29. The molecule has 1 rings (SSSR count). The maximum Gasteiger partial charge on any atom is 0.0492 e. The molecule has 0 aliphatic rings. The van der Waals surface area contributed by atoms with E-state index in [-0.39, 0.29) is 5.38 Å². The van der Waals surface area contributed by atoms with Gasteiger partial charge in [-0.05, 0) is 12.5 Å². The van der Waals surface area contributed by atoms with Crippen LogP contribution in [0.3, 0.4) is 0 Å². The zero-order valence-electron chi connectivity index (χ0n) is 8.83. The van der Waals surface area contributed by atoms with E-state index in [1.165, 1.54) is 5.69 Å². The first-order chi connectivity index (χ1) is 6.74. The fourth-order valence-electron chi connectivity index (χ4n) is 1.27. The van der Waals surface area contributed by atoms with E-state index in [2.05, 4.69) is 17.3 Å². The van der Waals surface area contributed by atoms with Crippen molar-refractivity contribution >= 4 is 11.6 Å². The Morgan fingerprint density at radius 2 is 2.43 bits per heavy atom. The Hall–Kier alpha value is -0.540. The molecule has 14 heavy (non-hydrogen) atoms. The number of rotatable bonds is 6. The van der Waals surface area contributed by atoms with Gasteiger partial charge >= 0.3 is 0 Å². The molecule has 3 nitrogen and oxygen atoms in total. The molecule has 1 atom stereocenters. The smallest absolute Gasteiger partial charge is 0.0492 e. The molecule has 0 spiro atoms. The van der Waals surface area contributed by atoms with Gasteiger partial charge in [0.2, 0.25) is 0 Å². The molecular weight excluding hydrogens is 198 g/mol. The predicted molar refractivity (Wildman–Crippen MR) is 59.7 cm³/mol. The highest BCUT2D eigenvalue weighted by Crippen LogP contribution is 1.99. The highest BCUT2D eigenvalue weighted by molar-refractivity contribution is 6.20. The number of nitrogens with zero attached hydrogens (tertiary/aromatic N) is 2. The molecular formula is C10H18ClN3. The first kappa shape index (κ1) is 11.5. The number of alkyl halides is 1. The van der Waals surface area contributed by atoms with E-state index in [9.17, 15) is 0 Å². The maximum atomic E-state index is 5.98. The average molecular weight is 216 g/mol. The molecule has 0 aliphatic carbocycles. The second-order valence-electron chi connectivity index (χ2n) is 3.41. The molecule has 1 heterocycles. The summed E-state index contributed by atoms with van der Waals surface area (Å²) in [4.78, 5) is 0. The van der Waals surface area contributed by atoms with Crippen molar-refractivity contribution in [2.24, 2.45) is 7.05 Å². The minimum absolute atomic E-state index is 0.251. The zero-order valence-corrected chi connectivity index (χ0v) is 9.59. The molecule has 1 aromatic heterocycles. The molecule has 4 heteroatoms. The van der Waals surface area contributed by atoms with Gasteiger partial charge < -0.3 is 5.32 Å². The van der Waals surface area contributed by atoms with Gasteiger partial charge in [0.25, 0.3) is 0 Å². The second-order valence-corrected chi connectivity index (χ2v) is 4.02. The van der Waals surface area contributed by atoms with Gasteiger partial charge in [0.05, 0.1) is 0 Å². The Morgan fingerprint density at radius 1 is 1.64 bits per heavy atom. The Bertz CT molecular complexity index is 260. The molecule has 0 fully saturated rings. The first-order valence-electron chi connectivity index (χ1n) is 5.05. The van der Waals surface area contributed by atoms with Crippen molar-refractivity contribution in [3.63, 3.8) is 0 Å². The molecule has 80 valence electrons. The molecule has 0 aliphatic heterocycles. The lowest BCUT2D eigenvalue weighted by Crippen LogP contribution is -2.25. The summed E-state index contributed by atoms with van der Waals surface area (Å²) in [5, 5.41) is 7.69. The minimum Gasteiger partial charge on any atom is -0.315 e. The van der Waals surface area contributed by atoms with Crippen LogP contribution >= 0.6 is 11.6 Å². The standard InChI is InChI=1S/C10H18ClN3/c1-3-9(11)8-12-6-4-10-5-7-13-14(10)2/h5,7,9,12H,3-4,6,8H2,1-2H3. The molecule has 0 amide bonds. The van der Waals surface area contributed by atoms with Crippen LogP contribution in [0.4, 0.5) is 0 Å². The monoisotopic (exact) mass is 215 g/mol. The van der Waals surface area contributed by atoms with Crippen molar-refractivity contribution in [3.05, 3.63) is 18.0 Å². The average Bonchev–Trinajstić information content (AvgIpc) is 2.58. The zero-order chi connectivity index (χ0) is 10.4. The highest BCUT2D eigenvalue weighted by atomic mass is 35.5. The summed E-state index contributed by atoms with van der Waals surface area (Å²) in [5.41, 5.74) is 1.25. The van der Waals surface area contributed by atoms with Crippen LogP contribution in [0.2, 0.25) is 0 Å². The van der Waals surface area contributed by atoms with Gasteiger partial charge in [-0.2, -0.15) is 5.10 Å². The van der Waals surface area contributed by atoms with Gasteiger partial charge in [-0.15, -0.1) is 11.6 Å². The molecule has 0 radical (unpaired) electrons. The lowest BCUT2D eigenvalue weighted by molar-refractivity contribution is 0.621. The number of hydrogen-bond acceptors (Lipinski definition) is 2. The summed E-state index contributed by atoms with van der Waals surface area (Å²) in [7, 11) is 1.96. The minimum atomic E-state index is 0.251. The fourth-order valence-corrected chi connectivity index (χ4v) is 1.38. The van der Waals surface area contributed by atoms with E-state index in [0.29, 0.717) is 0 Å². The van der Waals surface area contributed by atoms with Crippen molar-refractivity contribution in [3.8, 4) is 0 Å². The molecule has 0 saturated heterocycles. The maximum absolute atomic E-state index is 5.98. The van der Waals surface area contributed by atoms with Crippen LogP contribution in [0.5, 0.6) is 0 Å². The van der Waals surface area contributed by atoms with Crippen molar-refractivity contribution in [2.45, 2.75) is 25.1 Å². The third-order valence-corrected chi connectivity index (χ3v) is 2.75. The topological polar surface area (TPSA) is 29.9 Å². The fraction of sp³-hybridized carbons (Fsp3) is 0.700. The normalized spacial score (nSPS) is 13.1. The molecule has 0 saturated carbocycles. The van der Waals surface area contributed by atoms with Crippen LogP contribution in [-0.4, -0.2) is 28.2 Å². The van der Waals surface area contributed by atoms with Gasteiger partial charge in [0.15, 0.2) is 0 Å². The van der Waals surface area contributed by atoms with E-state index >= 15 is 0 Å². The summed E-state index contributed by atoms with van der Waals surface area (Å²) in [5.74, 6) is 0. The van der Waals surface area contributed by atoms with E-state index in [0.717, 1.165) is 25.9 Å². The molecule has 1 unspecified atom stereocenters. The van der Waals surface area contributed by atoms with Gasteiger partial charge in [-0.1, -0.05) is 6.92 Å². The molecule has 0 bridgehead atoms. The number of aryl methyl sites for hydroxylation is 1. The highest BCUT2D eigenvalue weighted by Gasteiger charge is 2.01. The van der Waals surface area contributed by atoms with E-state index < -0.39 is 0 Å². The molecule has 1 aromatic rings. The molecule has 1 N–H and O–H groups in total. The number of halogens is 1. The van der Waals surface area contributed by atoms with Crippen LogP contribution in [-0.2, 0) is 13.5 Å². The van der Waals surface area contributed by atoms with Crippen LogP contribution in [0.15, 0.2) is 12.3 Å². The van der Waals surface area contributed by atoms with E-state index in [1.54, 1.807) is 0 Å². The quantitative estimate of drug-likeness (QED) is 0.577. The van der Waals surface area contributed by atoms with Gasteiger partial charge in [-0.3, -0.25) is 4.68 Å². The number of hydrogen-bond donors (Lipinski definition) is 1. The molecule has 0 aromatic carbocycles. The summed E-state index contributed by atoms with van der Waals surface area (Å²) in [6.45, 7) is 3.94. The van der Waals surface area contributed by atoms with Gasteiger partial charge in [0, 0.05) is 43.8 Å². The van der Waals surface area contributed by atoms with Crippen molar-refractivity contribution in [2.75, 3.05) is 13.1 Å². The Morgan fingerprint density at radius 3 is 3.00 bits per heavy atom. The van der Waals surface area contributed by atoms with Crippen molar-refractivity contribution < 1.29 is 0 Å². The summed E-state index contributed by atoms with van der Waals surface area (Å²) >= 11 is 5.98. The lowest BCUT2D eigenvalue weighted by Gasteiger charge is -2.08. The van der Waals surface area contributed by atoms with Crippen molar-refractivity contribution in [1.82, 2.24) is 15.1 Å². The van der Waals surface area contributed by atoms with Gasteiger partial charge in [-0.25, -0.2) is 0 Å². The van der Waals surface area contributed by atoms with Crippen LogP contribution in [0.1, 0.15) is 19.0 Å². The first-order valence-corrected chi connectivity index (χ1v) is 5.49. The van der Waals surface area contributed by atoms with Gasteiger partial charge in [0.1, 0.15) is 0 Å².